The molecule has 1 aromatic heterocycles. The highest BCUT2D eigenvalue weighted by molar-refractivity contribution is 6.42. The van der Waals surface area contributed by atoms with Gasteiger partial charge in [0.25, 0.3) is 0 Å². The molecule has 6 heteroatoms. The third kappa shape index (κ3) is 4.52. The Hall–Kier alpha value is -1.52. The Morgan fingerprint density at radius 1 is 1.29 bits per heavy atom. The second-order valence-corrected chi connectivity index (χ2v) is 7.81. The number of nitrogens with one attached hydrogen (secondary N) is 1. The van der Waals surface area contributed by atoms with Crippen LogP contribution in [0.2, 0.25) is 10.0 Å². The number of nitrogens with zero attached hydrogens (tertiary/aromatic N) is 2. The summed E-state index contributed by atoms with van der Waals surface area (Å²) >= 11 is 11.9. The van der Waals surface area contributed by atoms with Gasteiger partial charge in [-0.2, -0.15) is 5.10 Å². The van der Waals surface area contributed by atoms with Gasteiger partial charge >= 0.3 is 0 Å². The van der Waals surface area contributed by atoms with Crippen molar-refractivity contribution < 1.29 is 4.79 Å². The van der Waals surface area contributed by atoms with Crippen LogP contribution in [0.15, 0.2) is 24.4 Å². The van der Waals surface area contributed by atoms with Gasteiger partial charge in [-0.1, -0.05) is 29.3 Å². The molecule has 24 heavy (non-hydrogen) atoms. The maximum absolute atomic E-state index is 12.3. The third-order valence-corrected chi connectivity index (χ3v) is 4.56. The predicted molar refractivity (Wildman–Crippen MR) is 98.7 cm³/mol. The van der Waals surface area contributed by atoms with Gasteiger partial charge in [-0.15, -0.1) is 0 Å². The van der Waals surface area contributed by atoms with E-state index in [1.807, 2.05) is 24.7 Å². The van der Waals surface area contributed by atoms with Crippen molar-refractivity contribution in [3.05, 3.63) is 51.3 Å². The summed E-state index contributed by atoms with van der Waals surface area (Å²) in [6.45, 7) is 10.2. The van der Waals surface area contributed by atoms with Crippen LogP contribution in [0.3, 0.4) is 0 Å². The quantitative estimate of drug-likeness (QED) is 0.852. The van der Waals surface area contributed by atoms with Gasteiger partial charge in [0, 0.05) is 11.8 Å². The summed E-state index contributed by atoms with van der Waals surface area (Å²) in [7, 11) is 0. The van der Waals surface area contributed by atoms with Gasteiger partial charge < -0.3 is 5.32 Å². The number of rotatable bonds is 4. The van der Waals surface area contributed by atoms with E-state index in [0.29, 0.717) is 10.0 Å². The van der Waals surface area contributed by atoms with E-state index < -0.39 is 0 Å². The molecule has 1 unspecified atom stereocenters. The first kappa shape index (κ1) is 18.8. The van der Waals surface area contributed by atoms with E-state index in [1.54, 1.807) is 18.2 Å². The fourth-order valence-electron chi connectivity index (χ4n) is 2.45. The molecule has 4 nitrogen and oxygen atoms in total. The van der Waals surface area contributed by atoms with E-state index >= 15 is 0 Å². The van der Waals surface area contributed by atoms with Crippen LogP contribution in [-0.4, -0.2) is 15.7 Å². The molecule has 1 amide bonds. The van der Waals surface area contributed by atoms with Crippen molar-refractivity contribution in [2.24, 2.45) is 0 Å². The zero-order valence-electron chi connectivity index (χ0n) is 14.7. The number of hydrogen-bond acceptors (Lipinski definition) is 2. The molecule has 0 aliphatic rings. The molecule has 0 aliphatic carbocycles. The molecule has 0 spiro atoms. The number of halogens is 2. The average molecular weight is 368 g/mol. The second-order valence-electron chi connectivity index (χ2n) is 7.00. The van der Waals surface area contributed by atoms with E-state index in [0.717, 1.165) is 16.8 Å². The number of aryl methyl sites for hydroxylation is 1. The maximum Gasteiger partial charge on any atom is 0.224 e. The molecular formula is C18H23Cl2N3O. The molecule has 2 aromatic rings. The third-order valence-electron chi connectivity index (χ3n) is 3.82. The zero-order chi connectivity index (χ0) is 18.1. The number of amides is 1. The Labute approximate surface area is 153 Å². The highest BCUT2D eigenvalue weighted by Crippen LogP contribution is 2.24. The van der Waals surface area contributed by atoms with Gasteiger partial charge in [0.2, 0.25) is 5.91 Å². The number of benzene rings is 1. The summed E-state index contributed by atoms with van der Waals surface area (Å²) < 4.78 is 1.93. The topological polar surface area (TPSA) is 46.9 Å². The fourth-order valence-corrected chi connectivity index (χ4v) is 2.77. The van der Waals surface area contributed by atoms with Crippen molar-refractivity contribution in [1.82, 2.24) is 15.1 Å². The van der Waals surface area contributed by atoms with Crippen molar-refractivity contribution in [3.8, 4) is 0 Å². The minimum Gasteiger partial charge on any atom is -0.349 e. The lowest BCUT2D eigenvalue weighted by Crippen LogP contribution is -2.28. The Morgan fingerprint density at radius 2 is 1.96 bits per heavy atom. The summed E-state index contributed by atoms with van der Waals surface area (Å²) in [4.78, 5) is 12.3. The summed E-state index contributed by atoms with van der Waals surface area (Å²) in [5, 5.41) is 8.51. The minimum absolute atomic E-state index is 0.0659. The van der Waals surface area contributed by atoms with Crippen LogP contribution >= 0.6 is 23.2 Å². The summed E-state index contributed by atoms with van der Waals surface area (Å²) in [6.07, 6.45) is 2.26. The lowest BCUT2D eigenvalue weighted by Gasteiger charge is -2.19. The largest absolute Gasteiger partial charge is 0.349 e. The normalized spacial score (nSPS) is 13.0. The van der Waals surface area contributed by atoms with E-state index in [2.05, 4.69) is 31.2 Å². The van der Waals surface area contributed by atoms with Crippen LogP contribution in [0.4, 0.5) is 0 Å². The van der Waals surface area contributed by atoms with Crippen molar-refractivity contribution >= 4 is 29.1 Å². The summed E-state index contributed by atoms with van der Waals surface area (Å²) in [6, 6.07) is 5.11. The fraction of sp³-hybridized carbons (Fsp3) is 0.444. The van der Waals surface area contributed by atoms with E-state index in [4.69, 9.17) is 23.2 Å². The Kier molecular flexibility index (Phi) is 5.61. The number of hydrogen-bond donors (Lipinski definition) is 1. The van der Waals surface area contributed by atoms with Crippen molar-refractivity contribution in [2.75, 3.05) is 0 Å². The molecule has 0 bridgehead atoms. The molecule has 1 aromatic carbocycles. The van der Waals surface area contributed by atoms with E-state index in [9.17, 15) is 4.79 Å². The lowest BCUT2D eigenvalue weighted by molar-refractivity contribution is -0.121. The highest BCUT2D eigenvalue weighted by Gasteiger charge is 2.20. The monoisotopic (exact) mass is 367 g/mol. The lowest BCUT2D eigenvalue weighted by atomic mass is 10.1. The predicted octanol–water partition coefficient (Wildman–Crippen LogP) is 4.67. The van der Waals surface area contributed by atoms with E-state index in [1.165, 1.54) is 0 Å². The molecule has 0 radical (unpaired) electrons. The Bertz CT molecular complexity index is 747. The molecule has 0 saturated carbocycles. The standard InChI is InChI=1S/C18H23Cl2N3O/c1-11(14-10-23(18(3,4)5)22-12(14)2)21-17(24)9-13-6-7-15(19)16(20)8-13/h6-8,10-11H,9H2,1-5H3,(H,21,24). The van der Waals surface area contributed by atoms with Gasteiger partial charge in [-0.05, 0) is 52.3 Å². The number of carbonyl (C=O) groups excluding carboxylic acids is 1. The molecule has 0 aliphatic heterocycles. The van der Waals surface area contributed by atoms with E-state index in [-0.39, 0.29) is 23.9 Å². The first-order valence-corrected chi connectivity index (χ1v) is 8.63. The van der Waals surface area contributed by atoms with Crippen molar-refractivity contribution in [1.29, 1.82) is 0 Å². The summed E-state index contributed by atoms with van der Waals surface area (Å²) in [5.41, 5.74) is 2.68. The first-order valence-electron chi connectivity index (χ1n) is 7.88. The van der Waals surface area contributed by atoms with Gasteiger partial charge in [-0.25, -0.2) is 0 Å². The van der Waals surface area contributed by atoms with Crippen LogP contribution in [-0.2, 0) is 16.8 Å². The number of aromatic nitrogens is 2. The average Bonchev–Trinajstić information content (AvgIpc) is 2.85. The Balaban J connectivity index is 2.06. The molecule has 1 atom stereocenters. The smallest absolute Gasteiger partial charge is 0.224 e. The minimum atomic E-state index is -0.114. The molecule has 1 N–H and O–H groups in total. The van der Waals surface area contributed by atoms with Crippen LogP contribution in [0.1, 0.15) is 50.6 Å². The maximum atomic E-state index is 12.3. The van der Waals surface area contributed by atoms with Crippen molar-refractivity contribution in [2.45, 2.75) is 52.6 Å². The van der Waals surface area contributed by atoms with Crippen LogP contribution in [0, 0.1) is 6.92 Å². The molecule has 130 valence electrons. The van der Waals surface area contributed by atoms with Crippen LogP contribution < -0.4 is 5.32 Å². The van der Waals surface area contributed by atoms with Gasteiger partial charge in [0.05, 0.1) is 33.7 Å². The molecule has 0 fully saturated rings. The summed E-state index contributed by atoms with van der Waals surface area (Å²) in [5.74, 6) is -0.0659. The van der Waals surface area contributed by atoms with Gasteiger partial charge in [-0.3, -0.25) is 9.48 Å². The highest BCUT2D eigenvalue weighted by atomic mass is 35.5. The second kappa shape index (κ2) is 7.16. The molecule has 1 heterocycles. The Morgan fingerprint density at radius 3 is 2.50 bits per heavy atom. The van der Waals surface area contributed by atoms with Crippen LogP contribution in [0.25, 0.3) is 0 Å². The van der Waals surface area contributed by atoms with Crippen molar-refractivity contribution in [3.63, 3.8) is 0 Å². The van der Waals surface area contributed by atoms with Gasteiger partial charge in [0.1, 0.15) is 0 Å². The van der Waals surface area contributed by atoms with Gasteiger partial charge in [0.15, 0.2) is 0 Å². The molecule has 0 saturated heterocycles. The SMILES string of the molecule is Cc1nn(C(C)(C)C)cc1C(C)NC(=O)Cc1ccc(Cl)c(Cl)c1. The molecular weight excluding hydrogens is 345 g/mol. The molecule has 2 rings (SSSR count). The number of carbonyl (C=O) groups is 1. The van der Waals surface area contributed by atoms with Crippen LogP contribution in [0.5, 0.6) is 0 Å². The first-order chi connectivity index (χ1) is 11.1. The zero-order valence-corrected chi connectivity index (χ0v) is 16.2.